The number of benzene rings is 2. The van der Waals surface area contributed by atoms with E-state index in [4.69, 9.17) is 10.8 Å². The zero-order valence-electron chi connectivity index (χ0n) is 26.9. The number of aldehydes is 1. The molecule has 1 aliphatic rings. The number of nitrogens with zero attached hydrogens (tertiary/aromatic N) is 1. The van der Waals surface area contributed by atoms with E-state index in [0.717, 1.165) is 72.5 Å². The van der Waals surface area contributed by atoms with Gasteiger partial charge in [0, 0.05) is 31.8 Å². The first kappa shape index (κ1) is 34.8. The molecule has 0 fully saturated rings. The zero-order valence-corrected chi connectivity index (χ0v) is 26.9. The molecule has 0 radical (unpaired) electrons. The van der Waals surface area contributed by atoms with Crippen molar-refractivity contribution in [1.29, 1.82) is 0 Å². The van der Waals surface area contributed by atoms with E-state index in [-0.39, 0.29) is 24.6 Å². The van der Waals surface area contributed by atoms with Crippen molar-refractivity contribution in [1.82, 2.24) is 10.3 Å². The summed E-state index contributed by atoms with van der Waals surface area (Å²) in [6, 6.07) is 16.3. The van der Waals surface area contributed by atoms with Crippen LogP contribution in [0.5, 0.6) is 0 Å². The number of fused-ring (bicyclic) bond motifs is 1. The first-order valence-corrected chi connectivity index (χ1v) is 16.9. The Morgan fingerprint density at radius 2 is 1.74 bits per heavy atom. The summed E-state index contributed by atoms with van der Waals surface area (Å²) in [5, 5.41) is 28.0. The summed E-state index contributed by atoms with van der Waals surface area (Å²) in [5.41, 5.74) is 9.08. The van der Waals surface area contributed by atoms with Gasteiger partial charge in [0.05, 0.1) is 12.1 Å². The molecule has 9 nitrogen and oxygen atoms in total. The highest BCUT2D eigenvalue weighted by molar-refractivity contribution is 5.85. The number of aliphatic hydroxyl groups excluding tert-OH is 1. The monoisotopic (exact) mass is 629 g/mol. The fourth-order valence-corrected chi connectivity index (χ4v) is 6.58. The van der Waals surface area contributed by atoms with Gasteiger partial charge in [0.25, 0.3) is 0 Å². The van der Waals surface area contributed by atoms with E-state index in [1.807, 2.05) is 24.4 Å². The summed E-state index contributed by atoms with van der Waals surface area (Å²) in [4.78, 5) is 30.7. The van der Waals surface area contributed by atoms with Crippen LogP contribution in [0.15, 0.2) is 71.4 Å². The third kappa shape index (κ3) is 11.1. The number of carboxylic acids is 1. The number of carbonyl (C=O) groups excluding carboxylic acids is 1. The Labute approximate surface area is 272 Å². The van der Waals surface area contributed by atoms with Gasteiger partial charge in [-0.25, -0.2) is 4.79 Å². The Hall–Kier alpha value is -4.11. The summed E-state index contributed by atoms with van der Waals surface area (Å²) in [6.45, 7) is 0.825. The Morgan fingerprint density at radius 1 is 0.978 bits per heavy atom. The van der Waals surface area contributed by atoms with Gasteiger partial charge in [-0.2, -0.15) is 0 Å². The summed E-state index contributed by atoms with van der Waals surface area (Å²) < 4.78 is 0. The van der Waals surface area contributed by atoms with Gasteiger partial charge in [-0.1, -0.05) is 81.3 Å². The van der Waals surface area contributed by atoms with E-state index >= 15 is 0 Å². The molecular formula is C37H51N5O4. The molecule has 0 spiro atoms. The minimum absolute atomic E-state index is 0.228. The van der Waals surface area contributed by atoms with E-state index in [0.29, 0.717) is 25.3 Å². The highest BCUT2D eigenvalue weighted by atomic mass is 16.4. The molecule has 0 bridgehead atoms. The van der Waals surface area contributed by atoms with Crippen LogP contribution >= 0.6 is 0 Å². The van der Waals surface area contributed by atoms with E-state index in [1.54, 1.807) is 0 Å². The van der Waals surface area contributed by atoms with Crippen LogP contribution < -0.4 is 16.4 Å². The normalized spacial score (nSPS) is 16.4. The van der Waals surface area contributed by atoms with Crippen molar-refractivity contribution in [3.63, 3.8) is 0 Å². The van der Waals surface area contributed by atoms with Crippen molar-refractivity contribution in [2.75, 3.05) is 18.5 Å². The number of H-pyrrole nitrogens is 1. The molecule has 248 valence electrons. The lowest BCUT2D eigenvalue weighted by molar-refractivity contribution is -0.131. The van der Waals surface area contributed by atoms with Crippen LogP contribution in [0, 0.1) is 0 Å². The lowest BCUT2D eigenvalue weighted by Gasteiger charge is -2.32. The molecule has 9 heteroatoms. The minimum Gasteiger partial charge on any atom is -0.478 e. The zero-order chi connectivity index (χ0) is 32.6. The number of aromatic nitrogens is 1. The second-order valence-electron chi connectivity index (χ2n) is 12.4. The molecule has 1 aliphatic heterocycles. The summed E-state index contributed by atoms with van der Waals surface area (Å²) >= 11 is 0. The lowest BCUT2D eigenvalue weighted by Crippen LogP contribution is -2.48. The average Bonchev–Trinajstić information content (AvgIpc) is 3.57. The fourth-order valence-electron chi connectivity index (χ4n) is 6.58. The third-order valence-electron chi connectivity index (χ3n) is 9.03. The molecular weight excluding hydrogens is 578 g/mol. The molecule has 0 aliphatic carbocycles. The number of aliphatic hydroxyl groups is 1. The number of rotatable bonds is 21. The van der Waals surface area contributed by atoms with Crippen LogP contribution in [0.1, 0.15) is 94.1 Å². The van der Waals surface area contributed by atoms with Crippen LogP contribution in [0.3, 0.4) is 0 Å². The van der Waals surface area contributed by atoms with Crippen LogP contribution in [0.4, 0.5) is 5.82 Å². The van der Waals surface area contributed by atoms with Gasteiger partial charge in [0.2, 0.25) is 0 Å². The van der Waals surface area contributed by atoms with Crippen molar-refractivity contribution in [2.24, 2.45) is 10.7 Å². The average molecular weight is 630 g/mol. The van der Waals surface area contributed by atoms with Crippen LogP contribution in [0.25, 0.3) is 10.8 Å². The van der Waals surface area contributed by atoms with Crippen molar-refractivity contribution in [2.45, 2.75) is 101 Å². The summed E-state index contributed by atoms with van der Waals surface area (Å²) in [7, 11) is 0. The molecule has 7 N–H and O–H groups in total. The van der Waals surface area contributed by atoms with E-state index in [1.165, 1.54) is 43.7 Å². The molecule has 3 atom stereocenters. The number of nitrogens with two attached hydrogens (primary N) is 1. The third-order valence-corrected chi connectivity index (χ3v) is 9.03. The minimum atomic E-state index is -0.982. The van der Waals surface area contributed by atoms with Gasteiger partial charge in [-0.05, 0) is 77.6 Å². The van der Waals surface area contributed by atoms with Gasteiger partial charge in [-0.3, -0.25) is 4.99 Å². The largest absolute Gasteiger partial charge is 0.478 e. The first-order chi connectivity index (χ1) is 22.5. The highest BCUT2D eigenvalue weighted by Crippen LogP contribution is 2.33. The number of hydrogen-bond acceptors (Lipinski definition) is 7. The second kappa shape index (κ2) is 18.8. The van der Waals surface area contributed by atoms with Gasteiger partial charge >= 0.3 is 5.97 Å². The maximum atomic E-state index is 12.1. The van der Waals surface area contributed by atoms with Crippen molar-refractivity contribution >= 4 is 34.8 Å². The first-order valence-electron chi connectivity index (χ1n) is 16.9. The molecule has 2 aromatic carbocycles. The topological polar surface area (TPSA) is 153 Å². The van der Waals surface area contributed by atoms with Crippen LogP contribution in [-0.4, -0.2) is 58.6 Å². The Kier molecular flexibility index (Phi) is 14.2. The number of guanidine groups is 1. The predicted molar refractivity (Wildman–Crippen MR) is 186 cm³/mol. The maximum absolute atomic E-state index is 12.1. The predicted octanol–water partition coefficient (Wildman–Crippen LogP) is 6.44. The second-order valence-corrected chi connectivity index (χ2v) is 12.4. The van der Waals surface area contributed by atoms with Gasteiger partial charge in [0.1, 0.15) is 12.1 Å². The maximum Gasteiger partial charge on any atom is 0.328 e. The fraction of sp³-hybridized carbons (Fsp3) is 0.486. The molecule has 0 saturated heterocycles. The number of carboxylic acid groups (broad SMARTS) is 1. The Morgan fingerprint density at radius 3 is 2.43 bits per heavy atom. The Balaban J connectivity index is 1.54. The standard InChI is InChI=1S/C37H51N5O4/c38-37-40-21-18-34(42-37)32(26-36(45)46)33(41-35-11-9-20-39-35)17-16-28(10-7-5-3-1-2-4-6-8-22-43)30-15-14-29-13-12-27(19-23-44)24-31(29)25-30/h9,11-15,20,23-26,28,33-34,39,41,43H,1-8,10,16-19,21-22H2,(H,45,46)(H3,38,40,42)/b32-26-/t28-,33-,34+/m0/s1. The number of aliphatic carboxylic acids is 1. The van der Waals surface area contributed by atoms with Crippen LogP contribution in [0.2, 0.25) is 0 Å². The highest BCUT2D eigenvalue weighted by Gasteiger charge is 2.27. The van der Waals surface area contributed by atoms with Crippen molar-refractivity contribution < 1.29 is 19.8 Å². The van der Waals surface area contributed by atoms with Gasteiger partial charge in [0.15, 0.2) is 5.96 Å². The SMILES string of the molecule is NC1=NCC[C@H](/C(=C\C(=O)O)[C@H](CC[C@H](CCCCCCCCCCO)c2ccc3ccc(CC=O)cc3c2)Nc2ccc[nH]2)N1. The molecule has 46 heavy (non-hydrogen) atoms. The Bertz CT molecular complexity index is 1430. The van der Waals surface area contributed by atoms with Crippen molar-refractivity contribution in [3.05, 3.63) is 77.5 Å². The molecule has 2 heterocycles. The number of unbranched alkanes of at least 4 members (excludes halogenated alkanes) is 7. The quantitative estimate of drug-likeness (QED) is 0.0450. The summed E-state index contributed by atoms with van der Waals surface area (Å²) in [5.74, 6) is 0.476. The molecule has 3 aromatic rings. The number of nitrogens with one attached hydrogen (secondary N) is 3. The van der Waals surface area contributed by atoms with Crippen LogP contribution in [-0.2, 0) is 16.0 Å². The molecule has 0 unspecified atom stereocenters. The number of aliphatic imine (C=N–C) groups is 1. The molecule has 4 rings (SSSR count). The smallest absolute Gasteiger partial charge is 0.328 e. The van der Waals surface area contributed by atoms with E-state index in [9.17, 15) is 14.7 Å². The van der Waals surface area contributed by atoms with Gasteiger partial charge < -0.3 is 36.4 Å². The van der Waals surface area contributed by atoms with E-state index < -0.39 is 5.97 Å². The number of carbonyl (C=O) groups is 2. The number of hydrogen-bond donors (Lipinski definition) is 6. The number of aromatic amines is 1. The summed E-state index contributed by atoms with van der Waals surface area (Å²) in [6.07, 6.45) is 16.9. The molecule has 0 saturated carbocycles. The van der Waals surface area contributed by atoms with Gasteiger partial charge in [-0.15, -0.1) is 0 Å². The molecule has 1 aromatic heterocycles. The van der Waals surface area contributed by atoms with E-state index in [2.05, 4.69) is 50.9 Å². The van der Waals surface area contributed by atoms with Crippen molar-refractivity contribution in [3.8, 4) is 0 Å². The number of anilines is 1. The lowest BCUT2D eigenvalue weighted by atomic mass is 9.84. The molecule has 0 amide bonds.